The number of hydrogen-bond acceptors (Lipinski definition) is 6. The van der Waals surface area contributed by atoms with Crippen molar-refractivity contribution in [2.75, 3.05) is 6.61 Å². The minimum absolute atomic E-state index is 0.107. The third-order valence-corrected chi connectivity index (χ3v) is 6.34. The molecule has 0 spiro atoms. The van der Waals surface area contributed by atoms with Gasteiger partial charge in [0, 0.05) is 18.5 Å². The average Bonchev–Trinajstić information content (AvgIpc) is 2.90. The summed E-state index contributed by atoms with van der Waals surface area (Å²) in [5.41, 5.74) is 7.12. The molecule has 0 bridgehead atoms. The molecular weight excluding hydrogens is 328 g/mol. The third-order valence-electron chi connectivity index (χ3n) is 4.33. The van der Waals surface area contributed by atoms with E-state index in [1.54, 1.807) is 31.2 Å². The summed E-state index contributed by atoms with van der Waals surface area (Å²) in [6, 6.07) is 6.50. The molecule has 1 heterocycles. The van der Waals surface area contributed by atoms with Gasteiger partial charge in [0.15, 0.2) is 9.84 Å². The first-order chi connectivity index (χ1) is 11.3. The standard InChI is InChI=1S/C17H26N2O4S/c1-3-23-17(20)6-4-5-15-14(18)11-16(19-15)24(21,22)13-9-7-12(2)8-10-13/h7-10,14-16,19H,3-6,11,18H2,1-2H3/t14-,15?,16?/m0/s1. The highest BCUT2D eigenvalue weighted by atomic mass is 32.2. The minimum Gasteiger partial charge on any atom is -0.466 e. The maximum atomic E-state index is 12.7. The van der Waals surface area contributed by atoms with Crippen LogP contribution in [0.5, 0.6) is 0 Å². The number of ether oxygens (including phenoxy) is 1. The Balaban J connectivity index is 1.94. The van der Waals surface area contributed by atoms with Gasteiger partial charge in [-0.2, -0.15) is 0 Å². The molecule has 0 amide bonds. The lowest BCUT2D eigenvalue weighted by Crippen LogP contribution is -2.39. The molecule has 6 nitrogen and oxygen atoms in total. The Morgan fingerprint density at radius 1 is 1.33 bits per heavy atom. The number of rotatable bonds is 7. The summed E-state index contributed by atoms with van der Waals surface area (Å²) in [6.45, 7) is 4.06. The molecule has 1 aliphatic heterocycles. The van der Waals surface area contributed by atoms with Crippen molar-refractivity contribution in [3.8, 4) is 0 Å². The van der Waals surface area contributed by atoms with Gasteiger partial charge in [-0.3, -0.25) is 10.1 Å². The van der Waals surface area contributed by atoms with Gasteiger partial charge < -0.3 is 10.5 Å². The summed E-state index contributed by atoms with van der Waals surface area (Å²) < 4.78 is 30.3. The summed E-state index contributed by atoms with van der Waals surface area (Å²) >= 11 is 0. The van der Waals surface area contributed by atoms with Crippen LogP contribution in [0.1, 0.15) is 38.2 Å². The predicted octanol–water partition coefficient (Wildman–Crippen LogP) is 1.52. The number of nitrogens with two attached hydrogens (primary N) is 1. The van der Waals surface area contributed by atoms with Crippen LogP contribution in [0, 0.1) is 6.92 Å². The Morgan fingerprint density at radius 3 is 2.62 bits per heavy atom. The Bertz CT molecular complexity index is 658. The molecule has 2 unspecified atom stereocenters. The van der Waals surface area contributed by atoms with E-state index < -0.39 is 15.2 Å². The molecule has 2 rings (SSSR count). The van der Waals surface area contributed by atoms with Gasteiger partial charge in [0.25, 0.3) is 0 Å². The van der Waals surface area contributed by atoms with Crippen molar-refractivity contribution in [3.05, 3.63) is 29.8 Å². The van der Waals surface area contributed by atoms with Crippen LogP contribution in [0.4, 0.5) is 0 Å². The van der Waals surface area contributed by atoms with Crippen molar-refractivity contribution in [1.29, 1.82) is 0 Å². The van der Waals surface area contributed by atoms with E-state index in [1.807, 2.05) is 6.92 Å². The van der Waals surface area contributed by atoms with Crippen LogP contribution in [0.15, 0.2) is 29.2 Å². The number of esters is 1. The fraction of sp³-hybridized carbons (Fsp3) is 0.588. The van der Waals surface area contributed by atoms with E-state index in [-0.39, 0.29) is 18.1 Å². The second-order valence-corrected chi connectivity index (χ2v) is 8.35. The molecule has 3 atom stereocenters. The van der Waals surface area contributed by atoms with E-state index in [0.29, 0.717) is 37.2 Å². The number of carbonyl (C=O) groups excluding carboxylic acids is 1. The second kappa shape index (κ2) is 8.09. The Hall–Kier alpha value is -1.44. The first-order valence-electron chi connectivity index (χ1n) is 8.32. The summed E-state index contributed by atoms with van der Waals surface area (Å²) in [4.78, 5) is 11.7. The van der Waals surface area contributed by atoms with E-state index in [1.165, 1.54) is 0 Å². The fourth-order valence-electron chi connectivity index (χ4n) is 2.95. The molecule has 0 aromatic heterocycles. The lowest BCUT2D eigenvalue weighted by atomic mass is 10.0. The van der Waals surface area contributed by atoms with E-state index in [9.17, 15) is 13.2 Å². The molecule has 0 saturated carbocycles. The van der Waals surface area contributed by atoms with Crippen LogP contribution in [0.3, 0.4) is 0 Å². The Morgan fingerprint density at radius 2 is 2.00 bits per heavy atom. The SMILES string of the molecule is CCOC(=O)CCCC1NC(S(=O)(=O)c2ccc(C)cc2)C[C@@H]1N. The normalized spacial score (nSPS) is 24.0. The van der Waals surface area contributed by atoms with E-state index in [0.717, 1.165) is 5.56 Å². The van der Waals surface area contributed by atoms with Crippen molar-refractivity contribution in [2.45, 2.75) is 61.9 Å². The predicted molar refractivity (Wildman–Crippen MR) is 92.2 cm³/mol. The van der Waals surface area contributed by atoms with Crippen molar-refractivity contribution in [1.82, 2.24) is 5.32 Å². The number of hydrogen-bond donors (Lipinski definition) is 2. The third kappa shape index (κ3) is 4.55. The summed E-state index contributed by atoms with van der Waals surface area (Å²) in [7, 11) is -3.45. The number of sulfone groups is 1. The van der Waals surface area contributed by atoms with Gasteiger partial charge in [0.05, 0.1) is 11.5 Å². The maximum Gasteiger partial charge on any atom is 0.305 e. The topological polar surface area (TPSA) is 98.5 Å². The number of aryl methyl sites for hydroxylation is 1. The summed E-state index contributed by atoms with van der Waals surface area (Å²) in [5, 5.41) is 2.46. The molecule has 0 radical (unpaired) electrons. The molecule has 1 aromatic carbocycles. The van der Waals surface area contributed by atoms with Gasteiger partial charge in [0.2, 0.25) is 0 Å². The van der Waals surface area contributed by atoms with Crippen LogP contribution in [-0.4, -0.2) is 38.5 Å². The molecule has 24 heavy (non-hydrogen) atoms. The number of benzene rings is 1. The average molecular weight is 354 g/mol. The minimum atomic E-state index is -3.45. The molecular formula is C17H26N2O4S. The quantitative estimate of drug-likeness (QED) is 0.720. The van der Waals surface area contributed by atoms with Crippen LogP contribution < -0.4 is 11.1 Å². The van der Waals surface area contributed by atoms with Crippen LogP contribution in [0.25, 0.3) is 0 Å². The highest BCUT2D eigenvalue weighted by Gasteiger charge is 2.39. The molecule has 134 valence electrons. The monoisotopic (exact) mass is 354 g/mol. The molecule has 7 heteroatoms. The van der Waals surface area contributed by atoms with Gasteiger partial charge in [0.1, 0.15) is 5.37 Å². The molecule has 0 aliphatic carbocycles. The molecule has 3 N–H and O–H groups in total. The number of carbonyl (C=O) groups is 1. The molecule has 1 saturated heterocycles. The Labute approximate surface area is 143 Å². The highest BCUT2D eigenvalue weighted by molar-refractivity contribution is 7.92. The zero-order valence-electron chi connectivity index (χ0n) is 14.2. The smallest absolute Gasteiger partial charge is 0.305 e. The lowest BCUT2D eigenvalue weighted by molar-refractivity contribution is -0.143. The van der Waals surface area contributed by atoms with Gasteiger partial charge in [-0.25, -0.2) is 8.42 Å². The van der Waals surface area contributed by atoms with Gasteiger partial charge in [-0.1, -0.05) is 17.7 Å². The van der Waals surface area contributed by atoms with Crippen LogP contribution in [-0.2, 0) is 19.4 Å². The van der Waals surface area contributed by atoms with Crippen LogP contribution >= 0.6 is 0 Å². The van der Waals surface area contributed by atoms with Crippen molar-refractivity contribution < 1.29 is 17.9 Å². The Kier molecular flexibility index (Phi) is 6.37. The second-order valence-electron chi connectivity index (χ2n) is 6.22. The van der Waals surface area contributed by atoms with Gasteiger partial charge in [-0.05, 0) is 45.2 Å². The molecule has 1 fully saturated rings. The van der Waals surface area contributed by atoms with Crippen molar-refractivity contribution >= 4 is 15.8 Å². The largest absolute Gasteiger partial charge is 0.466 e. The summed E-state index contributed by atoms with van der Waals surface area (Å²) in [6.07, 6.45) is 1.98. The highest BCUT2D eigenvalue weighted by Crippen LogP contribution is 2.25. The van der Waals surface area contributed by atoms with Crippen molar-refractivity contribution in [2.24, 2.45) is 5.73 Å². The van der Waals surface area contributed by atoms with Crippen LogP contribution in [0.2, 0.25) is 0 Å². The summed E-state index contributed by atoms with van der Waals surface area (Å²) in [5.74, 6) is -0.229. The zero-order valence-corrected chi connectivity index (χ0v) is 15.0. The molecule has 1 aromatic rings. The number of nitrogens with one attached hydrogen (secondary N) is 1. The molecule has 1 aliphatic rings. The van der Waals surface area contributed by atoms with Gasteiger partial charge >= 0.3 is 5.97 Å². The lowest BCUT2D eigenvalue weighted by Gasteiger charge is -2.16. The first-order valence-corrected chi connectivity index (χ1v) is 9.87. The van der Waals surface area contributed by atoms with E-state index in [2.05, 4.69) is 5.32 Å². The van der Waals surface area contributed by atoms with Crippen molar-refractivity contribution in [3.63, 3.8) is 0 Å². The fourth-order valence-corrected chi connectivity index (χ4v) is 4.62. The zero-order chi connectivity index (χ0) is 17.7. The van der Waals surface area contributed by atoms with E-state index in [4.69, 9.17) is 10.5 Å². The first kappa shape index (κ1) is 18.9. The van der Waals surface area contributed by atoms with Gasteiger partial charge in [-0.15, -0.1) is 0 Å². The van der Waals surface area contributed by atoms with E-state index >= 15 is 0 Å². The maximum absolute atomic E-state index is 12.7.